The highest BCUT2D eigenvalue weighted by molar-refractivity contribution is 9.10. The van der Waals surface area contributed by atoms with Crippen LogP contribution in [0.3, 0.4) is 0 Å². The normalized spacial score (nSPS) is 18.2. The second-order valence-corrected chi connectivity index (χ2v) is 8.23. The lowest BCUT2D eigenvalue weighted by Gasteiger charge is -2.34. The number of fused-ring (bicyclic) bond motifs is 2. The molecule has 2 aliphatic rings. The van der Waals surface area contributed by atoms with Crippen molar-refractivity contribution in [3.63, 3.8) is 0 Å². The Bertz CT molecular complexity index is 1040. The smallest absolute Gasteiger partial charge is 0.276 e. The van der Waals surface area contributed by atoms with Crippen LogP contribution in [0.5, 0.6) is 0 Å². The molecule has 1 unspecified atom stereocenters. The van der Waals surface area contributed by atoms with E-state index in [9.17, 15) is 4.79 Å². The molecule has 2 aromatic rings. The number of nitrogens with zero attached hydrogens (tertiary/aromatic N) is 3. The first-order chi connectivity index (χ1) is 13.2. The van der Waals surface area contributed by atoms with Gasteiger partial charge >= 0.3 is 0 Å². The van der Waals surface area contributed by atoms with Gasteiger partial charge in [-0.05, 0) is 18.6 Å². The molecule has 2 heterocycles. The quantitative estimate of drug-likeness (QED) is 0.739. The van der Waals surface area contributed by atoms with E-state index in [1.807, 2.05) is 48.5 Å². The van der Waals surface area contributed by atoms with Crippen molar-refractivity contribution in [3.8, 4) is 0 Å². The zero-order valence-electron chi connectivity index (χ0n) is 14.9. The summed E-state index contributed by atoms with van der Waals surface area (Å²) in [6.45, 7) is 2.15. The number of amides is 1. The Morgan fingerprint density at radius 1 is 1.19 bits per heavy atom. The maximum absolute atomic E-state index is 13.0. The molecular weight excluding hydrogens is 424 g/mol. The summed E-state index contributed by atoms with van der Waals surface area (Å²) in [6, 6.07) is 15.6. The predicted molar refractivity (Wildman–Crippen MR) is 112 cm³/mol. The number of nitrogens with one attached hydrogen (secondary N) is 1. The van der Waals surface area contributed by atoms with Crippen LogP contribution < -0.4 is 15.9 Å². The van der Waals surface area contributed by atoms with Gasteiger partial charge < -0.3 is 0 Å². The maximum Gasteiger partial charge on any atom is 0.276 e. The summed E-state index contributed by atoms with van der Waals surface area (Å²) < 4.78 is 0.943. The van der Waals surface area contributed by atoms with E-state index in [2.05, 4.69) is 28.2 Å². The number of rotatable bonds is 4. The number of halogens is 1. The molecule has 4 rings (SSSR count). The fourth-order valence-corrected chi connectivity index (χ4v) is 4.52. The molecule has 2 aliphatic heterocycles. The van der Waals surface area contributed by atoms with Crippen molar-refractivity contribution in [2.75, 3.05) is 5.75 Å². The molecule has 0 radical (unpaired) electrons. The van der Waals surface area contributed by atoms with Gasteiger partial charge in [0.1, 0.15) is 5.70 Å². The Hall–Kier alpha value is -2.12. The minimum absolute atomic E-state index is 0.136. The molecule has 1 amide bonds. The van der Waals surface area contributed by atoms with E-state index in [1.165, 1.54) is 0 Å². The van der Waals surface area contributed by atoms with Crippen molar-refractivity contribution in [1.82, 2.24) is 10.3 Å². The minimum Gasteiger partial charge on any atom is -0.298 e. The molecule has 5 nitrogen and oxygen atoms in total. The van der Waals surface area contributed by atoms with E-state index in [0.717, 1.165) is 39.2 Å². The van der Waals surface area contributed by atoms with Crippen molar-refractivity contribution < 1.29 is 4.79 Å². The molecule has 2 aromatic carbocycles. The van der Waals surface area contributed by atoms with Crippen LogP contribution in [0.2, 0.25) is 0 Å². The summed E-state index contributed by atoms with van der Waals surface area (Å²) in [4.78, 5) is 17.9. The van der Waals surface area contributed by atoms with Gasteiger partial charge in [-0.15, -0.1) is 5.10 Å². The second kappa shape index (κ2) is 7.86. The number of benzene rings is 2. The summed E-state index contributed by atoms with van der Waals surface area (Å²) in [5, 5.41) is 11.7. The highest BCUT2D eigenvalue weighted by Gasteiger charge is 2.34. The lowest BCUT2D eigenvalue weighted by molar-refractivity contribution is -0.116. The van der Waals surface area contributed by atoms with Gasteiger partial charge in [-0.2, -0.15) is 0 Å². The Labute approximate surface area is 170 Å². The third kappa shape index (κ3) is 3.53. The Kier molecular flexibility index (Phi) is 5.31. The van der Waals surface area contributed by atoms with Crippen LogP contribution in [0.25, 0.3) is 5.70 Å². The van der Waals surface area contributed by atoms with E-state index in [-0.39, 0.29) is 5.91 Å². The molecule has 1 N–H and O–H groups in total. The Morgan fingerprint density at radius 3 is 2.78 bits per heavy atom. The monoisotopic (exact) mass is 442 g/mol. The summed E-state index contributed by atoms with van der Waals surface area (Å²) >= 11 is 5.19. The van der Waals surface area contributed by atoms with E-state index < -0.39 is 6.17 Å². The van der Waals surface area contributed by atoms with Gasteiger partial charge in [0.25, 0.3) is 5.91 Å². The zero-order valence-corrected chi connectivity index (χ0v) is 17.3. The summed E-state index contributed by atoms with van der Waals surface area (Å²) in [6.07, 6.45) is 1.80. The summed E-state index contributed by atoms with van der Waals surface area (Å²) in [7, 11) is 0. The summed E-state index contributed by atoms with van der Waals surface area (Å²) in [5.41, 5.74) is 1.52. The first kappa shape index (κ1) is 18.3. The van der Waals surface area contributed by atoms with Crippen LogP contribution in [0.4, 0.5) is 0 Å². The fourth-order valence-electron chi connectivity index (χ4n) is 3.09. The lowest BCUT2D eigenvalue weighted by atomic mass is 10.1. The topological polar surface area (TPSA) is 57.1 Å². The van der Waals surface area contributed by atoms with Gasteiger partial charge in [-0.1, -0.05) is 77.4 Å². The largest absolute Gasteiger partial charge is 0.298 e. The molecule has 0 saturated heterocycles. The number of amidine groups is 1. The van der Waals surface area contributed by atoms with Gasteiger partial charge in [0.2, 0.25) is 0 Å². The number of unbranched alkanes of at least 4 members (excludes halogenated alkanes) is 1. The first-order valence-corrected chi connectivity index (χ1v) is 10.7. The van der Waals surface area contributed by atoms with Gasteiger partial charge in [0, 0.05) is 21.0 Å². The van der Waals surface area contributed by atoms with Crippen LogP contribution in [0, 0.1) is 0 Å². The Morgan fingerprint density at radius 2 is 1.96 bits per heavy atom. The third-order valence-electron chi connectivity index (χ3n) is 4.44. The standard InChI is InChI=1S/C20H19BrN4OS/c1-2-3-12-27-20-23-19(26)17-14-9-5-7-11-16(14)22-18(25(17)24-20)13-8-4-6-10-15(13)21/h4-11,18H,2-3,12H2,1H3,(H,23,24,26). The van der Waals surface area contributed by atoms with Crippen LogP contribution in [-0.4, -0.2) is 21.8 Å². The molecule has 0 bridgehead atoms. The second-order valence-electron chi connectivity index (χ2n) is 6.30. The van der Waals surface area contributed by atoms with Crippen LogP contribution in [-0.2, 0) is 4.79 Å². The van der Waals surface area contributed by atoms with Crippen molar-refractivity contribution in [2.45, 2.75) is 25.9 Å². The van der Waals surface area contributed by atoms with E-state index in [4.69, 9.17) is 10.1 Å². The highest BCUT2D eigenvalue weighted by atomic mass is 79.9. The summed E-state index contributed by atoms with van der Waals surface area (Å²) in [5.74, 6) is 0.787. The predicted octanol–water partition coefficient (Wildman–Crippen LogP) is 3.13. The molecule has 0 spiro atoms. The molecule has 0 fully saturated rings. The van der Waals surface area contributed by atoms with E-state index in [1.54, 1.807) is 16.8 Å². The number of para-hydroxylation sites is 1. The fraction of sp³-hybridized carbons (Fsp3) is 0.250. The minimum atomic E-state index is -0.390. The average Bonchev–Trinajstić information content (AvgIpc) is 2.68. The van der Waals surface area contributed by atoms with Gasteiger partial charge in [-0.3, -0.25) is 15.1 Å². The van der Waals surface area contributed by atoms with Crippen molar-refractivity contribution in [3.05, 3.63) is 69.1 Å². The van der Waals surface area contributed by atoms with Gasteiger partial charge in [-0.25, -0.2) is 5.01 Å². The zero-order chi connectivity index (χ0) is 18.8. The number of carbonyl (C=O) groups is 1. The van der Waals surface area contributed by atoms with Crippen LogP contribution in [0.1, 0.15) is 31.5 Å². The number of hydrazone groups is 1. The third-order valence-corrected chi connectivity index (χ3v) is 6.11. The Balaban J connectivity index is 1.86. The maximum atomic E-state index is 13.0. The van der Waals surface area contributed by atoms with Gasteiger partial charge in [0.05, 0.1) is 5.36 Å². The number of carbonyl (C=O) groups excluding carboxylic acids is 1. The molecular formula is C20H19BrN4OS. The number of hydrogen-bond acceptors (Lipinski definition) is 5. The lowest BCUT2D eigenvalue weighted by Crippen LogP contribution is -2.50. The van der Waals surface area contributed by atoms with Gasteiger partial charge in [0.15, 0.2) is 11.3 Å². The molecule has 27 heavy (non-hydrogen) atoms. The molecule has 138 valence electrons. The molecule has 0 aromatic heterocycles. The SMILES string of the molecule is CCCCSC1=NN2C(=c3ccccc3=NC2c2ccccc2Br)C(=O)N1. The van der Waals surface area contributed by atoms with Crippen LogP contribution in [0.15, 0.2) is 63.1 Å². The van der Waals surface area contributed by atoms with E-state index >= 15 is 0 Å². The number of thioether (sulfide) groups is 1. The first-order valence-electron chi connectivity index (χ1n) is 8.92. The van der Waals surface area contributed by atoms with Crippen molar-refractivity contribution in [1.29, 1.82) is 0 Å². The molecule has 7 heteroatoms. The van der Waals surface area contributed by atoms with E-state index in [0.29, 0.717) is 10.9 Å². The van der Waals surface area contributed by atoms with Crippen LogP contribution >= 0.6 is 27.7 Å². The molecule has 0 aliphatic carbocycles. The van der Waals surface area contributed by atoms with Crippen molar-refractivity contribution >= 4 is 44.5 Å². The number of hydrogen-bond donors (Lipinski definition) is 1. The molecule has 1 atom stereocenters. The highest BCUT2D eigenvalue weighted by Crippen LogP contribution is 2.34. The average molecular weight is 443 g/mol. The molecule has 0 saturated carbocycles. The van der Waals surface area contributed by atoms with Crippen molar-refractivity contribution in [2.24, 2.45) is 10.1 Å².